The van der Waals surface area contributed by atoms with Gasteiger partial charge in [-0.15, -0.1) is 0 Å². The molecule has 0 radical (unpaired) electrons. The number of halogens is 2. The van der Waals surface area contributed by atoms with E-state index in [1.807, 2.05) is 0 Å². The first-order chi connectivity index (χ1) is 11.5. The molecule has 0 atom stereocenters. The second-order valence-electron chi connectivity index (χ2n) is 4.95. The minimum atomic E-state index is -0.419. The number of carbonyl (C=O) groups excluding carboxylic acids is 2. The summed E-state index contributed by atoms with van der Waals surface area (Å²) in [5.41, 5.74) is 1.79. The third kappa shape index (κ3) is 5.44. The Morgan fingerprint density at radius 2 is 1.62 bits per heavy atom. The number of methoxy groups -OCH3 is 1. The molecule has 0 aliphatic heterocycles. The number of rotatable bonds is 6. The van der Waals surface area contributed by atoms with Crippen LogP contribution in [0.15, 0.2) is 42.5 Å². The lowest BCUT2D eigenvalue weighted by Gasteiger charge is -2.09. The van der Waals surface area contributed by atoms with Crippen molar-refractivity contribution in [1.29, 1.82) is 0 Å². The number of amides is 1. The lowest BCUT2D eigenvalue weighted by molar-refractivity contribution is -0.115. The average Bonchev–Trinajstić information content (AvgIpc) is 2.54. The van der Waals surface area contributed by atoms with Gasteiger partial charge in [-0.3, -0.25) is 4.79 Å². The predicted molar refractivity (Wildman–Crippen MR) is 96.0 cm³/mol. The maximum Gasteiger partial charge on any atom is 0.337 e. The molecular weight excluding hydrogens is 351 g/mol. The van der Waals surface area contributed by atoms with E-state index < -0.39 is 5.97 Å². The number of nitrogens with one attached hydrogen (secondary N) is 2. The van der Waals surface area contributed by atoms with Crippen LogP contribution in [0.3, 0.4) is 0 Å². The van der Waals surface area contributed by atoms with Crippen LogP contribution in [0.5, 0.6) is 0 Å². The van der Waals surface area contributed by atoms with Crippen molar-refractivity contribution in [2.45, 2.75) is 6.42 Å². The Balaban J connectivity index is 1.81. The molecule has 2 rings (SSSR count). The maximum atomic E-state index is 11.9. The van der Waals surface area contributed by atoms with Crippen LogP contribution in [0.2, 0.25) is 10.0 Å². The average molecular weight is 367 g/mol. The molecule has 5 nitrogen and oxygen atoms in total. The minimum absolute atomic E-state index is 0.151. The van der Waals surface area contributed by atoms with Gasteiger partial charge in [-0.05, 0) is 42.5 Å². The third-order valence-electron chi connectivity index (χ3n) is 3.13. The Labute approximate surface area is 149 Å². The molecule has 126 valence electrons. The zero-order chi connectivity index (χ0) is 17.5. The molecular formula is C17H16Cl2N2O3. The smallest absolute Gasteiger partial charge is 0.337 e. The highest BCUT2D eigenvalue weighted by atomic mass is 35.5. The SMILES string of the molecule is COC(=O)c1ccc(NC(=O)CCNc2cc(Cl)cc(Cl)c2)cc1. The van der Waals surface area contributed by atoms with Crippen molar-refractivity contribution < 1.29 is 14.3 Å². The van der Waals surface area contributed by atoms with Gasteiger partial charge in [0.2, 0.25) is 5.91 Å². The van der Waals surface area contributed by atoms with Gasteiger partial charge in [0.15, 0.2) is 0 Å². The van der Waals surface area contributed by atoms with Crippen LogP contribution >= 0.6 is 23.2 Å². The number of hydrogen-bond donors (Lipinski definition) is 2. The summed E-state index contributed by atoms with van der Waals surface area (Å²) in [6.45, 7) is 0.433. The Bertz CT molecular complexity index is 713. The lowest BCUT2D eigenvalue weighted by Crippen LogP contribution is -2.16. The normalized spacial score (nSPS) is 10.1. The molecule has 0 aliphatic rings. The Morgan fingerprint density at radius 1 is 1.00 bits per heavy atom. The molecule has 2 aromatic carbocycles. The van der Waals surface area contributed by atoms with E-state index in [-0.39, 0.29) is 12.3 Å². The van der Waals surface area contributed by atoms with Crippen LogP contribution in [0, 0.1) is 0 Å². The van der Waals surface area contributed by atoms with Crippen molar-refractivity contribution in [3.63, 3.8) is 0 Å². The summed E-state index contributed by atoms with van der Waals surface area (Å²) in [4.78, 5) is 23.3. The van der Waals surface area contributed by atoms with E-state index in [4.69, 9.17) is 23.2 Å². The summed E-state index contributed by atoms with van der Waals surface area (Å²) >= 11 is 11.8. The van der Waals surface area contributed by atoms with Crippen molar-refractivity contribution in [1.82, 2.24) is 0 Å². The van der Waals surface area contributed by atoms with E-state index in [0.29, 0.717) is 27.8 Å². The molecule has 0 saturated carbocycles. The Kier molecular flexibility index (Phi) is 6.46. The molecule has 7 heteroatoms. The van der Waals surface area contributed by atoms with Crippen molar-refractivity contribution in [2.24, 2.45) is 0 Å². The topological polar surface area (TPSA) is 67.4 Å². The van der Waals surface area contributed by atoms with Gasteiger partial charge in [0, 0.05) is 34.4 Å². The van der Waals surface area contributed by atoms with Gasteiger partial charge >= 0.3 is 5.97 Å². The van der Waals surface area contributed by atoms with E-state index in [1.54, 1.807) is 42.5 Å². The maximum absolute atomic E-state index is 11.9. The van der Waals surface area contributed by atoms with Crippen LogP contribution < -0.4 is 10.6 Å². The van der Waals surface area contributed by atoms with E-state index >= 15 is 0 Å². The fourth-order valence-electron chi connectivity index (χ4n) is 2.01. The summed E-state index contributed by atoms with van der Waals surface area (Å²) in [6, 6.07) is 11.6. The minimum Gasteiger partial charge on any atom is -0.465 e. The first-order valence-corrected chi connectivity index (χ1v) is 7.92. The van der Waals surface area contributed by atoms with Gasteiger partial charge in [-0.2, -0.15) is 0 Å². The molecule has 0 unspecified atom stereocenters. The number of esters is 1. The van der Waals surface area contributed by atoms with Gasteiger partial charge in [0.1, 0.15) is 0 Å². The molecule has 0 spiro atoms. The molecule has 24 heavy (non-hydrogen) atoms. The van der Waals surface area contributed by atoms with E-state index in [0.717, 1.165) is 5.69 Å². The van der Waals surface area contributed by atoms with Gasteiger partial charge in [0.05, 0.1) is 12.7 Å². The monoisotopic (exact) mass is 366 g/mol. The number of ether oxygens (including phenoxy) is 1. The highest BCUT2D eigenvalue weighted by Crippen LogP contribution is 2.22. The highest BCUT2D eigenvalue weighted by molar-refractivity contribution is 6.35. The second kappa shape index (κ2) is 8.57. The fraction of sp³-hybridized carbons (Fsp3) is 0.176. The Hall–Kier alpha value is -2.24. The second-order valence-corrected chi connectivity index (χ2v) is 5.82. The molecule has 0 aliphatic carbocycles. The summed E-state index contributed by atoms with van der Waals surface area (Å²) in [5, 5.41) is 6.89. The van der Waals surface area contributed by atoms with Gasteiger partial charge < -0.3 is 15.4 Å². The molecule has 2 aromatic rings. The molecule has 1 amide bonds. The van der Waals surface area contributed by atoms with Gasteiger partial charge in [0.25, 0.3) is 0 Å². The van der Waals surface area contributed by atoms with Gasteiger partial charge in [-0.25, -0.2) is 4.79 Å². The summed E-state index contributed by atoms with van der Waals surface area (Å²) in [6.07, 6.45) is 0.267. The number of anilines is 2. The first-order valence-electron chi connectivity index (χ1n) is 7.16. The largest absolute Gasteiger partial charge is 0.465 e. The molecule has 0 saturated heterocycles. The first kappa shape index (κ1) is 18.1. The molecule has 0 bridgehead atoms. The Morgan fingerprint density at radius 3 is 2.21 bits per heavy atom. The number of carbonyl (C=O) groups is 2. The fourth-order valence-corrected chi connectivity index (χ4v) is 2.53. The summed E-state index contributed by atoms with van der Waals surface area (Å²) in [5.74, 6) is -0.571. The summed E-state index contributed by atoms with van der Waals surface area (Å²) < 4.78 is 4.62. The van der Waals surface area contributed by atoms with Crippen LogP contribution in [0.25, 0.3) is 0 Å². The zero-order valence-corrected chi connectivity index (χ0v) is 14.4. The third-order valence-corrected chi connectivity index (χ3v) is 3.57. The van der Waals surface area contributed by atoms with Gasteiger partial charge in [-0.1, -0.05) is 23.2 Å². The lowest BCUT2D eigenvalue weighted by atomic mass is 10.2. The van der Waals surface area contributed by atoms with Crippen LogP contribution in [0.1, 0.15) is 16.8 Å². The van der Waals surface area contributed by atoms with E-state index in [9.17, 15) is 9.59 Å². The molecule has 0 aromatic heterocycles. The standard InChI is InChI=1S/C17H16Cl2N2O3/c1-24-17(23)11-2-4-14(5-3-11)21-16(22)6-7-20-15-9-12(18)8-13(19)10-15/h2-5,8-10,20H,6-7H2,1H3,(H,21,22). The predicted octanol–water partition coefficient (Wildman–Crippen LogP) is 4.22. The zero-order valence-electron chi connectivity index (χ0n) is 12.9. The highest BCUT2D eigenvalue weighted by Gasteiger charge is 2.06. The van der Waals surface area contributed by atoms with Crippen LogP contribution in [-0.4, -0.2) is 25.5 Å². The number of hydrogen-bond acceptors (Lipinski definition) is 4. The van der Waals surface area contributed by atoms with E-state index in [2.05, 4.69) is 15.4 Å². The van der Waals surface area contributed by atoms with Crippen molar-refractivity contribution >= 4 is 46.5 Å². The van der Waals surface area contributed by atoms with E-state index in [1.165, 1.54) is 7.11 Å². The van der Waals surface area contributed by atoms with Crippen LogP contribution in [0.4, 0.5) is 11.4 Å². The molecule has 0 fully saturated rings. The van der Waals surface area contributed by atoms with Crippen molar-refractivity contribution in [3.05, 3.63) is 58.1 Å². The molecule has 0 heterocycles. The number of benzene rings is 2. The molecule has 2 N–H and O–H groups in total. The summed E-state index contributed by atoms with van der Waals surface area (Å²) in [7, 11) is 1.32. The quantitative estimate of drug-likeness (QED) is 0.751. The van der Waals surface area contributed by atoms with Crippen LogP contribution in [-0.2, 0) is 9.53 Å². The van der Waals surface area contributed by atoms with Crippen molar-refractivity contribution in [3.8, 4) is 0 Å². The van der Waals surface area contributed by atoms with Crippen molar-refractivity contribution in [2.75, 3.05) is 24.3 Å².